The van der Waals surface area contributed by atoms with Crippen molar-refractivity contribution < 1.29 is 8.42 Å². The van der Waals surface area contributed by atoms with Gasteiger partial charge in [0.05, 0.1) is 4.90 Å². The maximum Gasteiger partial charge on any atom is 0.243 e. The lowest BCUT2D eigenvalue weighted by Crippen LogP contribution is -2.31. The summed E-state index contributed by atoms with van der Waals surface area (Å²) in [6.45, 7) is 3.08. The summed E-state index contributed by atoms with van der Waals surface area (Å²) in [5.41, 5.74) is 0. The Kier molecular flexibility index (Phi) is 3.10. The lowest BCUT2D eigenvalue weighted by molar-refractivity contribution is 0.448. The van der Waals surface area contributed by atoms with E-state index in [1.165, 1.54) is 6.07 Å². The van der Waals surface area contributed by atoms with Crippen LogP contribution in [0.2, 0.25) is 5.02 Å². The summed E-state index contributed by atoms with van der Waals surface area (Å²) in [6, 6.07) is 6.48. The summed E-state index contributed by atoms with van der Waals surface area (Å²) in [4.78, 5) is 0.294. The highest BCUT2D eigenvalue weighted by Crippen LogP contribution is 2.31. The van der Waals surface area contributed by atoms with Crippen molar-refractivity contribution in [3.8, 4) is 0 Å². The van der Waals surface area contributed by atoms with Gasteiger partial charge in [0.15, 0.2) is 0 Å². The number of nitrogens with zero attached hydrogens (tertiary/aromatic N) is 1. The number of fused-ring (bicyclic) bond motifs is 1. The van der Waals surface area contributed by atoms with Crippen LogP contribution in [0.3, 0.4) is 0 Å². The second kappa shape index (κ2) is 4.49. The van der Waals surface area contributed by atoms with Crippen LogP contribution in [-0.2, 0) is 10.0 Å². The van der Waals surface area contributed by atoms with E-state index in [1.807, 2.05) is 0 Å². The van der Waals surface area contributed by atoms with Gasteiger partial charge in [0, 0.05) is 18.1 Å². The number of sulfonamides is 1. The van der Waals surface area contributed by atoms with E-state index in [0.717, 1.165) is 13.1 Å². The molecule has 18 heavy (non-hydrogen) atoms. The van der Waals surface area contributed by atoms with E-state index < -0.39 is 10.0 Å². The van der Waals surface area contributed by atoms with Crippen molar-refractivity contribution >= 4 is 21.6 Å². The van der Waals surface area contributed by atoms with Gasteiger partial charge in [-0.3, -0.25) is 0 Å². The highest BCUT2D eigenvalue weighted by molar-refractivity contribution is 7.89. The number of nitrogens with one attached hydrogen (secondary N) is 1. The zero-order chi connectivity index (χ0) is 12.8. The molecule has 2 heterocycles. The Hall–Kier alpha value is -0.620. The molecule has 6 heteroatoms. The summed E-state index contributed by atoms with van der Waals surface area (Å²) >= 11 is 5.86. The van der Waals surface area contributed by atoms with E-state index >= 15 is 0 Å². The molecule has 2 saturated heterocycles. The molecule has 0 spiro atoms. The van der Waals surface area contributed by atoms with Crippen LogP contribution >= 0.6 is 11.6 Å². The minimum atomic E-state index is -3.38. The molecule has 0 amide bonds. The van der Waals surface area contributed by atoms with Crippen LogP contribution in [0.15, 0.2) is 29.2 Å². The molecule has 2 fully saturated rings. The van der Waals surface area contributed by atoms with E-state index in [9.17, 15) is 8.42 Å². The zero-order valence-corrected chi connectivity index (χ0v) is 11.4. The molecule has 0 saturated carbocycles. The lowest BCUT2D eigenvalue weighted by atomic mass is 10.0. The predicted octanol–water partition coefficient (Wildman–Crippen LogP) is 1.18. The third kappa shape index (κ3) is 2.05. The van der Waals surface area contributed by atoms with Gasteiger partial charge in [-0.1, -0.05) is 17.7 Å². The van der Waals surface area contributed by atoms with E-state index in [2.05, 4.69) is 5.32 Å². The van der Waals surface area contributed by atoms with Crippen molar-refractivity contribution in [2.24, 2.45) is 11.8 Å². The van der Waals surface area contributed by atoms with Crippen LogP contribution in [0.25, 0.3) is 0 Å². The van der Waals surface area contributed by atoms with Gasteiger partial charge in [-0.05, 0) is 43.1 Å². The molecular weight excluding hydrogens is 272 g/mol. The van der Waals surface area contributed by atoms with Gasteiger partial charge in [0.2, 0.25) is 10.0 Å². The molecule has 4 nitrogen and oxygen atoms in total. The molecule has 98 valence electrons. The topological polar surface area (TPSA) is 49.4 Å². The second-order valence-electron chi connectivity index (χ2n) is 4.96. The third-order valence-corrected chi connectivity index (χ3v) is 5.85. The quantitative estimate of drug-likeness (QED) is 0.888. The van der Waals surface area contributed by atoms with Crippen LogP contribution < -0.4 is 5.32 Å². The van der Waals surface area contributed by atoms with E-state index in [1.54, 1.807) is 22.5 Å². The Morgan fingerprint density at radius 3 is 2.50 bits per heavy atom. The number of hydrogen-bond acceptors (Lipinski definition) is 3. The Bertz CT molecular complexity index is 549. The van der Waals surface area contributed by atoms with Gasteiger partial charge in [-0.2, -0.15) is 4.31 Å². The highest BCUT2D eigenvalue weighted by atomic mass is 35.5. The molecule has 2 aliphatic heterocycles. The van der Waals surface area contributed by atoms with Crippen molar-refractivity contribution in [3.05, 3.63) is 29.3 Å². The second-order valence-corrected chi connectivity index (χ2v) is 7.33. The monoisotopic (exact) mass is 286 g/mol. The summed E-state index contributed by atoms with van der Waals surface area (Å²) in [5, 5.41) is 3.76. The van der Waals surface area contributed by atoms with Crippen molar-refractivity contribution in [3.63, 3.8) is 0 Å². The molecule has 1 aromatic rings. The normalized spacial score (nSPS) is 28.5. The average Bonchev–Trinajstić information content (AvgIpc) is 2.89. The van der Waals surface area contributed by atoms with Gasteiger partial charge in [0.1, 0.15) is 0 Å². The van der Waals surface area contributed by atoms with Crippen LogP contribution in [0.4, 0.5) is 0 Å². The first-order valence-corrected chi connectivity index (χ1v) is 7.85. The molecule has 0 aliphatic carbocycles. The lowest BCUT2D eigenvalue weighted by Gasteiger charge is -2.17. The number of hydrogen-bond donors (Lipinski definition) is 1. The average molecular weight is 287 g/mol. The Morgan fingerprint density at radius 2 is 1.89 bits per heavy atom. The molecule has 2 atom stereocenters. The first kappa shape index (κ1) is 12.4. The zero-order valence-electron chi connectivity index (χ0n) is 9.84. The summed E-state index contributed by atoms with van der Waals surface area (Å²) < 4.78 is 26.5. The maximum absolute atomic E-state index is 12.5. The molecule has 1 N–H and O–H groups in total. The van der Waals surface area contributed by atoms with Crippen LogP contribution in [0.5, 0.6) is 0 Å². The minimum absolute atomic E-state index is 0.294. The van der Waals surface area contributed by atoms with E-state index in [0.29, 0.717) is 34.8 Å². The first-order valence-electron chi connectivity index (χ1n) is 6.04. The predicted molar refractivity (Wildman–Crippen MR) is 70.1 cm³/mol. The Balaban J connectivity index is 1.87. The highest BCUT2D eigenvalue weighted by Gasteiger charge is 2.41. The van der Waals surface area contributed by atoms with Crippen molar-refractivity contribution in [2.75, 3.05) is 26.2 Å². The molecule has 0 unspecified atom stereocenters. The summed E-state index contributed by atoms with van der Waals surface area (Å²) in [6.07, 6.45) is 0. The molecule has 1 aromatic carbocycles. The van der Waals surface area contributed by atoms with Gasteiger partial charge in [-0.15, -0.1) is 0 Å². The first-order chi connectivity index (χ1) is 8.57. The van der Waals surface area contributed by atoms with Crippen molar-refractivity contribution in [2.45, 2.75) is 4.90 Å². The molecule has 0 radical (unpaired) electrons. The number of rotatable bonds is 2. The van der Waals surface area contributed by atoms with Crippen molar-refractivity contribution in [1.29, 1.82) is 0 Å². The summed E-state index contributed by atoms with van der Waals surface area (Å²) in [5.74, 6) is 0.915. The molecule has 3 rings (SSSR count). The van der Waals surface area contributed by atoms with Gasteiger partial charge < -0.3 is 5.32 Å². The van der Waals surface area contributed by atoms with Crippen LogP contribution in [0, 0.1) is 11.8 Å². The molecule has 0 bridgehead atoms. The number of benzene rings is 1. The fourth-order valence-electron chi connectivity index (χ4n) is 2.79. The molecular formula is C12H15ClN2O2S. The largest absolute Gasteiger partial charge is 0.316 e. The van der Waals surface area contributed by atoms with Crippen molar-refractivity contribution in [1.82, 2.24) is 9.62 Å². The SMILES string of the molecule is O=S(=O)(c1cccc(Cl)c1)N1C[C@H]2CNC[C@H]2C1. The van der Waals surface area contributed by atoms with E-state index in [4.69, 9.17) is 11.6 Å². The smallest absolute Gasteiger partial charge is 0.243 e. The van der Waals surface area contributed by atoms with Gasteiger partial charge >= 0.3 is 0 Å². The minimum Gasteiger partial charge on any atom is -0.316 e. The van der Waals surface area contributed by atoms with Crippen LogP contribution in [0.1, 0.15) is 0 Å². The fourth-order valence-corrected chi connectivity index (χ4v) is 4.64. The maximum atomic E-state index is 12.5. The third-order valence-electron chi connectivity index (χ3n) is 3.79. The Labute approximate surface area is 112 Å². The molecule has 2 aliphatic rings. The van der Waals surface area contributed by atoms with E-state index in [-0.39, 0.29) is 0 Å². The van der Waals surface area contributed by atoms with Gasteiger partial charge in [0.25, 0.3) is 0 Å². The Morgan fingerprint density at radius 1 is 1.22 bits per heavy atom. The summed E-state index contributed by atoms with van der Waals surface area (Å²) in [7, 11) is -3.38. The molecule has 0 aromatic heterocycles. The standard InChI is InChI=1S/C12H15ClN2O2S/c13-11-2-1-3-12(4-11)18(16,17)15-7-9-5-14-6-10(9)8-15/h1-4,9-10,14H,5-8H2/t9-,10+. The fraction of sp³-hybridized carbons (Fsp3) is 0.500. The van der Waals surface area contributed by atoms with Crippen LogP contribution in [-0.4, -0.2) is 38.9 Å². The number of halogens is 1. The van der Waals surface area contributed by atoms with Gasteiger partial charge in [-0.25, -0.2) is 8.42 Å².